The minimum atomic E-state index is -0.724. The number of aromatic nitrogens is 2. The number of hydrazone groups is 1. The Bertz CT molecular complexity index is 785. The summed E-state index contributed by atoms with van der Waals surface area (Å²) in [5.74, 6) is 0.347. The smallest absolute Gasteiger partial charge is 0.272 e. The summed E-state index contributed by atoms with van der Waals surface area (Å²) in [5.41, 5.74) is 3.21. The molecule has 0 aliphatic carbocycles. The van der Waals surface area contributed by atoms with E-state index in [1.165, 1.54) is 12.3 Å². The molecule has 10 nitrogen and oxygen atoms in total. The summed E-state index contributed by atoms with van der Waals surface area (Å²) in [6.45, 7) is 3.61. The lowest BCUT2D eigenvalue weighted by atomic mass is 10.2. The molecule has 0 bridgehead atoms. The summed E-state index contributed by atoms with van der Waals surface area (Å²) in [5, 5.41) is 25.5. The summed E-state index contributed by atoms with van der Waals surface area (Å²) in [6.07, 6.45) is 1.31. The van der Waals surface area contributed by atoms with E-state index in [4.69, 9.17) is 0 Å². The zero-order valence-corrected chi connectivity index (χ0v) is 12.3. The molecule has 0 unspecified atom stereocenters. The highest BCUT2D eigenvalue weighted by Gasteiger charge is 2.19. The van der Waals surface area contributed by atoms with Crippen molar-refractivity contribution in [1.82, 2.24) is 9.97 Å². The molecular formula is C13H12N6O4. The van der Waals surface area contributed by atoms with Gasteiger partial charge in [0.1, 0.15) is 5.69 Å². The van der Waals surface area contributed by atoms with Crippen LogP contribution in [0, 0.1) is 34.1 Å². The van der Waals surface area contributed by atoms with Crippen LogP contribution in [0.3, 0.4) is 0 Å². The maximum atomic E-state index is 11.0. The quantitative estimate of drug-likeness (QED) is 0.507. The topological polar surface area (TPSA) is 136 Å². The maximum absolute atomic E-state index is 11.0. The van der Waals surface area contributed by atoms with E-state index in [1.54, 1.807) is 19.9 Å². The molecule has 1 N–H and O–H groups in total. The number of nitro benzene ring substituents is 2. The Kier molecular flexibility index (Phi) is 4.55. The maximum Gasteiger partial charge on any atom is 0.301 e. The molecule has 0 saturated carbocycles. The largest absolute Gasteiger partial charge is 0.301 e. The van der Waals surface area contributed by atoms with Crippen LogP contribution in [0.2, 0.25) is 0 Å². The van der Waals surface area contributed by atoms with Crippen molar-refractivity contribution >= 4 is 23.3 Å². The van der Waals surface area contributed by atoms with Crippen LogP contribution in [0.4, 0.5) is 17.1 Å². The van der Waals surface area contributed by atoms with Gasteiger partial charge in [0.05, 0.1) is 22.1 Å². The molecule has 2 aromatic rings. The summed E-state index contributed by atoms with van der Waals surface area (Å²) in [6, 6.07) is 5.03. The summed E-state index contributed by atoms with van der Waals surface area (Å²) >= 11 is 0. The van der Waals surface area contributed by atoms with Crippen LogP contribution < -0.4 is 5.43 Å². The van der Waals surface area contributed by atoms with E-state index in [9.17, 15) is 20.2 Å². The third kappa shape index (κ3) is 4.03. The molecule has 10 heteroatoms. The van der Waals surface area contributed by atoms with Gasteiger partial charge >= 0.3 is 5.69 Å². The van der Waals surface area contributed by atoms with Crippen LogP contribution in [0.25, 0.3) is 0 Å². The second-order valence-electron chi connectivity index (χ2n) is 4.59. The summed E-state index contributed by atoms with van der Waals surface area (Å²) in [4.78, 5) is 28.5. The fourth-order valence-corrected chi connectivity index (χ4v) is 1.85. The molecule has 0 spiro atoms. The Morgan fingerprint density at radius 2 is 1.74 bits per heavy atom. The minimum absolute atomic E-state index is 0.0289. The number of benzene rings is 1. The molecule has 118 valence electrons. The minimum Gasteiger partial charge on any atom is -0.272 e. The second-order valence-corrected chi connectivity index (χ2v) is 4.59. The molecule has 0 aliphatic heterocycles. The number of nitrogens with zero attached hydrogens (tertiary/aromatic N) is 5. The number of non-ortho nitro benzene ring substituents is 1. The highest BCUT2D eigenvalue weighted by Crippen LogP contribution is 2.28. The average Bonchev–Trinajstić information content (AvgIpc) is 2.46. The van der Waals surface area contributed by atoms with E-state index < -0.39 is 15.5 Å². The van der Waals surface area contributed by atoms with Gasteiger partial charge in [0.2, 0.25) is 0 Å². The number of nitrogens with one attached hydrogen (secondary N) is 1. The third-order valence-corrected chi connectivity index (χ3v) is 2.75. The van der Waals surface area contributed by atoms with Crippen LogP contribution in [0.1, 0.15) is 17.2 Å². The van der Waals surface area contributed by atoms with E-state index in [-0.39, 0.29) is 11.4 Å². The van der Waals surface area contributed by atoms with Gasteiger partial charge < -0.3 is 0 Å². The lowest BCUT2D eigenvalue weighted by Gasteiger charge is -2.02. The van der Waals surface area contributed by atoms with Crippen LogP contribution in [0.15, 0.2) is 29.4 Å². The number of rotatable bonds is 5. The number of anilines is 1. The molecule has 1 aromatic carbocycles. The summed E-state index contributed by atoms with van der Waals surface area (Å²) in [7, 11) is 0. The monoisotopic (exact) mass is 316 g/mol. The van der Waals surface area contributed by atoms with E-state index in [1.807, 2.05) is 0 Å². The average molecular weight is 316 g/mol. The molecule has 0 fully saturated rings. The van der Waals surface area contributed by atoms with E-state index >= 15 is 0 Å². The predicted octanol–water partition coefficient (Wildman–Crippen LogP) is 2.36. The van der Waals surface area contributed by atoms with Crippen molar-refractivity contribution in [3.63, 3.8) is 0 Å². The van der Waals surface area contributed by atoms with Crippen molar-refractivity contribution in [2.24, 2.45) is 5.10 Å². The number of hydrogen-bond acceptors (Lipinski definition) is 8. The van der Waals surface area contributed by atoms with Gasteiger partial charge in [-0.3, -0.25) is 25.7 Å². The number of aryl methyl sites for hydroxylation is 2. The highest BCUT2D eigenvalue weighted by atomic mass is 16.6. The Morgan fingerprint density at radius 3 is 2.30 bits per heavy atom. The molecule has 0 aliphatic rings. The van der Waals surface area contributed by atoms with Gasteiger partial charge in [-0.2, -0.15) is 5.10 Å². The standard InChI is InChI=1S/C13H12N6O4/c1-8-5-9(2)16-13(15-8)7-14-17-11-4-3-10(18(20)21)6-12(11)19(22)23/h3-7,17H,1-2H3. The van der Waals surface area contributed by atoms with Crippen molar-refractivity contribution in [2.45, 2.75) is 13.8 Å². The van der Waals surface area contributed by atoms with Gasteiger partial charge in [-0.15, -0.1) is 0 Å². The number of hydrogen-bond donors (Lipinski definition) is 1. The van der Waals surface area contributed by atoms with E-state index in [2.05, 4.69) is 20.5 Å². The zero-order chi connectivity index (χ0) is 17.0. The van der Waals surface area contributed by atoms with Crippen molar-refractivity contribution in [3.8, 4) is 0 Å². The van der Waals surface area contributed by atoms with Gasteiger partial charge in [0.25, 0.3) is 5.69 Å². The normalized spacial score (nSPS) is 10.7. The molecule has 0 radical (unpaired) electrons. The highest BCUT2D eigenvalue weighted by molar-refractivity contribution is 5.76. The molecule has 2 rings (SSSR count). The molecule has 0 saturated heterocycles. The summed E-state index contributed by atoms with van der Waals surface area (Å²) < 4.78 is 0. The lowest BCUT2D eigenvalue weighted by Crippen LogP contribution is -2.01. The first-order valence-corrected chi connectivity index (χ1v) is 6.41. The molecule has 0 amide bonds. The van der Waals surface area contributed by atoms with Crippen LogP contribution in [-0.2, 0) is 0 Å². The van der Waals surface area contributed by atoms with Gasteiger partial charge in [-0.1, -0.05) is 0 Å². The Hall–Kier alpha value is -3.43. The number of nitro groups is 2. The van der Waals surface area contributed by atoms with Gasteiger partial charge in [-0.25, -0.2) is 9.97 Å². The molecule has 23 heavy (non-hydrogen) atoms. The van der Waals surface area contributed by atoms with Crippen LogP contribution >= 0.6 is 0 Å². The van der Waals surface area contributed by atoms with Crippen molar-refractivity contribution in [3.05, 3.63) is 61.7 Å². The van der Waals surface area contributed by atoms with Gasteiger partial charge in [-0.05, 0) is 26.0 Å². The van der Waals surface area contributed by atoms with Gasteiger partial charge in [0.15, 0.2) is 5.82 Å². The molecule has 1 heterocycles. The van der Waals surface area contributed by atoms with Crippen molar-refractivity contribution < 1.29 is 9.85 Å². The Labute approximate surface area is 130 Å². The zero-order valence-electron chi connectivity index (χ0n) is 12.3. The first kappa shape index (κ1) is 15.9. The second kappa shape index (κ2) is 6.56. The Morgan fingerprint density at radius 1 is 1.09 bits per heavy atom. The fraction of sp³-hybridized carbons (Fsp3) is 0.154. The first-order valence-electron chi connectivity index (χ1n) is 6.41. The fourth-order valence-electron chi connectivity index (χ4n) is 1.85. The first-order chi connectivity index (χ1) is 10.9. The van der Waals surface area contributed by atoms with Crippen molar-refractivity contribution in [1.29, 1.82) is 0 Å². The lowest BCUT2D eigenvalue weighted by molar-refractivity contribution is -0.393. The third-order valence-electron chi connectivity index (χ3n) is 2.75. The molecular weight excluding hydrogens is 304 g/mol. The van der Waals surface area contributed by atoms with Crippen LogP contribution in [-0.4, -0.2) is 26.0 Å². The predicted molar refractivity (Wildman–Crippen MR) is 82.5 cm³/mol. The van der Waals surface area contributed by atoms with E-state index in [0.717, 1.165) is 23.5 Å². The van der Waals surface area contributed by atoms with Gasteiger partial charge in [0, 0.05) is 17.5 Å². The SMILES string of the molecule is Cc1cc(C)nc(C=NNc2ccc([N+](=O)[O-])cc2[N+](=O)[O-])n1. The molecule has 1 aromatic heterocycles. The Balaban J connectivity index is 2.24. The van der Waals surface area contributed by atoms with E-state index in [0.29, 0.717) is 5.82 Å². The molecule has 0 atom stereocenters. The van der Waals surface area contributed by atoms with Crippen molar-refractivity contribution in [2.75, 3.05) is 5.43 Å². The van der Waals surface area contributed by atoms with Crippen LogP contribution in [0.5, 0.6) is 0 Å².